The number of nitrogens with zero attached hydrogens (tertiary/aromatic N) is 2. The summed E-state index contributed by atoms with van der Waals surface area (Å²) >= 11 is 0. The van der Waals surface area contributed by atoms with Crippen LogP contribution in [0.1, 0.15) is 12.8 Å². The van der Waals surface area contributed by atoms with Gasteiger partial charge >= 0.3 is 5.97 Å². The standard InChI is InChI=1S/C12H14N2O3/c1-14(9-3-7-13-8-4-9)10(15)12(5-6-12)11(16)17-2/h3-4,7-8H,5-6H2,1-2H3. The topological polar surface area (TPSA) is 59.5 Å². The number of rotatable bonds is 3. The first-order valence-electron chi connectivity index (χ1n) is 5.38. The molecule has 1 heterocycles. The van der Waals surface area contributed by atoms with Crippen LogP contribution in [0.4, 0.5) is 5.69 Å². The normalized spacial score (nSPS) is 16.1. The van der Waals surface area contributed by atoms with Crippen molar-refractivity contribution in [1.29, 1.82) is 0 Å². The van der Waals surface area contributed by atoms with Gasteiger partial charge in [0.2, 0.25) is 5.91 Å². The number of esters is 1. The van der Waals surface area contributed by atoms with Crippen molar-refractivity contribution < 1.29 is 14.3 Å². The summed E-state index contributed by atoms with van der Waals surface area (Å²) in [5.74, 6) is -0.654. The number of ether oxygens (including phenoxy) is 1. The van der Waals surface area contributed by atoms with Gasteiger partial charge in [0, 0.05) is 25.1 Å². The number of hydrogen-bond donors (Lipinski definition) is 0. The second-order valence-corrected chi connectivity index (χ2v) is 4.14. The van der Waals surface area contributed by atoms with E-state index in [0.29, 0.717) is 12.8 Å². The molecule has 17 heavy (non-hydrogen) atoms. The molecule has 0 aliphatic heterocycles. The molecule has 1 amide bonds. The largest absolute Gasteiger partial charge is 0.468 e. The van der Waals surface area contributed by atoms with Crippen LogP contribution >= 0.6 is 0 Å². The third-order valence-corrected chi connectivity index (χ3v) is 3.09. The number of amides is 1. The van der Waals surface area contributed by atoms with Crippen molar-refractivity contribution in [3.8, 4) is 0 Å². The van der Waals surface area contributed by atoms with Gasteiger partial charge in [-0.1, -0.05) is 0 Å². The summed E-state index contributed by atoms with van der Waals surface area (Å²) in [6.07, 6.45) is 4.34. The number of aromatic nitrogens is 1. The summed E-state index contributed by atoms with van der Waals surface area (Å²) < 4.78 is 4.69. The summed E-state index contributed by atoms with van der Waals surface area (Å²) in [4.78, 5) is 29.2. The summed E-state index contributed by atoms with van der Waals surface area (Å²) in [5.41, 5.74) is -0.229. The van der Waals surface area contributed by atoms with E-state index < -0.39 is 11.4 Å². The number of hydrogen-bond acceptors (Lipinski definition) is 4. The summed E-state index contributed by atoms with van der Waals surface area (Å²) in [6, 6.07) is 3.45. The molecule has 0 bridgehead atoms. The lowest BCUT2D eigenvalue weighted by atomic mass is 10.1. The molecule has 0 aromatic carbocycles. The molecule has 0 N–H and O–H groups in total. The maximum Gasteiger partial charge on any atom is 0.321 e. The molecule has 1 aromatic rings. The van der Waals surface area contributed by atoms with Crippen molar-refractivity contribution in [2.24, 2.45) is 5.41 Å². The van der Waals surface area contributed by atoms with Crippen LogP contribution in [-0.2, 0) is 14.3 Å². The van der Waals surface area contributed by atoms with Gasteiger partial charge in [0.1, 0.15) is 5.41 Å². The lowest BCUT2D eigenvalue weighted by Crippen LogP contribution is -2.39. The predicted octanol–water partition coefficient (Wildman–Crippen LogP) is 0.998. The lowest BCUT2D eigenvalue weighted by Gasteiger charge is -2.21. The highest BCUT2D eigenvalue weighted by Crippen LogP contribution is 2.48. The molecule has 1 fully saturated rings. The Kier molecular flexibility index (Phi) is 2.83. The lowest BCUT2D eigenvalue weighted by molar-refractivity contribution is -0.151. The smallest absolute Gasteiger partial charge is 0.321 e. The Labute approximate surface area is 99.4 Å². The van der Waals surface area contributed by atoms with Gasteiger partial charge in [0.25, 0.3) is 0 Å². The van der Waals surface area contributed by atoms with Crippen LogP contribution in [0.15, 0.2) is 24.5 Å². The Morgan fingerprint density at radius 3 is 2.41 bits per heavy atom. The maximum atomic E-state index is 12.2. The van der Waals surface area contributed by atoms with Crippen molar-refractivity contribution in [2.45, 2.75) is 12.8 Å². The zero-order valence-electron chi connectivity index (χ0n) is 9.84. The zero-order valence-corrected chi connectivity index (χ0v) is 9.84. The number of pyridine rings is 1. The maximum absolute atomic E-state index is 12.2. The van der Waals surface area contributed by atoms with Gasteiger partial charge in [-0.05, 0) is 25.0 Å². The van der Waals surface area contributed by atoms with Gasteiger partial charge in [0.05, 0.1) is 7.11 Å². The van der Waals surface area contributed by atoms with E-state index in [4.69, 9.17) is 0 Å². The molecule has 5 heteroatoms. The van der Waals surface area contributed by atoms with Crippen LogP contribution < -0.4 is 4.90 Å². The Bertz CT molecular complexity index is 440. The molecule has 1 aliphatic rings. The van der Waals surface area contributed by atoms with E-state index >= 15 is 0 Å². The van der Waals surface area contributed by atoms with E-state index in [1.165, 1.54) is 12.0 Å². The van der Waals surface area contributed by atoms with Gasteiger partial charge in [-0.2, -0.15) is 0 Å². The van der Waals surface area contributed by atoms with E-state index in [1.54, 1.807) is 31.6 Å². The van der Waals surface area contributed by atoms with Crippen LogP contribution in [0.5, 0.6) is 0 Å². The molecule has 5 nitrogen and oxygen atoms in total. The fraction of sp³-hybridized carbons (Fsp3) is 0.417. The Morgan fingerprint density at radius 1 is 1.35 bits per heavy atom. The first-order valence-corrected chi connectivity index (χ1v) is 5.38. The molecule has 2 rings (SSSR count). The fourth-order valence-electron chi connectivity index (χ4n) is 1.83. The van der Waals surface area contributed by atoms with Crippen molar-refractivity contribution in [2.75, 3.05) is 19.1 Å². The average molecular weight is 234 g/mol. The SMILES string of the molecule is COC(=O)C1(C(=O)N(C)c2ccncc2)CC1. The molecule has 1 aliphatic carbocycles. The number of carbonyl (C=O) groups is 2. The molecule has 1 aromatic heterocycles. The van der Waals surface area contributed by atoms with E-state index in [2.05, 4.69) is 9.72 Å². The van der Waals surface area contributed by atoms with Crippen LogP contribution in [-0.4, -0.2) is 31.0 Å². The monoisotopic (exact) mass is 234 g/mol. The minimum Gasteiger partial charge on any atom is -0.468 e. The van der Waals surface area contributed by atoms with Gasteiger partial charge in [0.15, 0.2) is 0 Å². The third kappa shape index (κ3) is 1.88. The highest BCUT2D eigenvalue weighted by Gasteiger charge is 2.59. The summed E-state index contributed by atoms with van der Waals surface area (Å²) in [6.45, 7) is 0. The van der Waals surface area contributed by atoms with Crippen LogP contribution in [0.3, 0.4) is 0 Å². The van der Waals surface area contributed by atoms with E-state index in [1.807, 2.05) is 0 Å². The molecule has 0 atom stereocenters. The Hall–Kier alpha value is -1.91. The quantitative estimate of drug-likeness (QED) is 0.578. The summed E-state index contributed by atoms with van der Waals surface area (Å²) in [5, 5.41) is 0. The predicted molar refractivity (Wildman–Crippen MR) is 61.3 cm³/mol. The number of anilines is 1. The summed E-state index contributed by atoms with van der Waals surface area (Å²) in [7, 11) is 2.96. The third-order valence-electron chi connectivity index (χ3n) is 3.09. The Morgan fingerprint density at radius 2 is 1.94 bits per heavy atom. The van der Waals surface area contributed by atoms with Gasteiger partial charge in [-0.15, -0.1) is 0 Å². The second kappa shape index (κ2) is 4.16. The number of carbonyl (C=O) groups excluding carboxylic acids is 2. The van der Waals surface area contributed by atoms with Crippen molar-refractivity contribution >= 4 is 17.6 Å². The van der Waals surface area contributed by atoms with Crippen LogP contribution in [0.2, 0.25) is 0 Å². The Balaban J connectivity index is 2.19. The first kappa shape index (κ1) is 11.6. The minimum atomic E-state index is -0.952. The molecule has 1 saturated carbocycles. The highest BCUT2D eigenvalue weighted by molar-refractivity contribution is 6.12. The van der Waals surface area contributed by atoms with Crippen molar-refractivity contribution in [3.05, 3.63) is 24.5 Å². The average Bonchev–Trinajstić information content (AvgIpc) is 3.18. The minimum absolute atomic E-state index is 0.212. The van der Waals surface area contributed by atoms with E-state index in [9.17, 15) is 9.59 Å². The molecule has 0 radical (unpaired) electrons. The van der Waals surface area contributed by atoms with E-state index in [0.717, 1.165) is 5.69 Å². The molecule has 90 valence electrons. The fourth-order valence-corrected chi connectivity index (χ4v) is 1.83. The zero-order chi connectivity index (χ0) is 12.5. The van der Waals surface area contributed by atoms with Crippen LogP contribution in [0, 0.1) is 5.41 Å². The van der Waals surface area contributed by atoms with Crippen LogP contribution in [0.25, 0.3) is 0 Å². The number of methoxy groups -OCH3 is 1. The van der Waals surface area contributed by atoms with Gasteiger partial charge in [-0.25, -0.2) is 0 Å². The van der Waals surface area contributed by atoms with E-state index in [-0.39, 0.29) is 5.91 Å². The molecule has 0 saturated heterocycles. The van der Waals surface area contributed by atoms with Crippen molar-refractivity contribution in [1.82, 2.24) is 4.98 Å². The van der Waals surface area contributed by atoms with Gasteiger partial charge in [-0.3, -0.25) is 14.6 Å². The van der Waals surface area contributed by atoms with Gasteiger partial charge < -0.3 is 9.64 Å². The molecular weight excluding hydrogens is 220 g/mol. The van der Waals surface area contributed by atoms with Crippen molar-refractivity contribution in [3.63, 3.8) is 0 Å². The molecular formula is C12H14N2O3. The first-order chi connectivity index (χ1) is 8.12. The second-order valence-electron chi connectivity index (χ2n) is 4.14. The molecule has 0 spiro atoms. The molecule has 0 unspecified atom stereocenters. The highest BCUT2D eigenvalue weighted by atomic mass is 16.5.